The number of carbonyl (C=O) groups is 1. The van der Waals surface area contributed by atoms with Crippen molar-refractivity contribution < 1.29 is 4.79 Å². The van der Waals surface area contributed by atoms with Gasteiger partial charge in [-0.3, -0.25) is 4.79 Å². The summed E-state index contributed by atoms with van der Waals surface area (Å²) < 4.78 is 2.22. The first-order chi connectivity index (χ1) is 11.9. The van der Waals surface area contributed by atoms with Gasteiger partial charge in [-0.15, -0.1) is 0 Å². The van der Waals surface area contributed by atoms with Crippen molar-refractivity contribution >= 4 is 5.91 Å². The Bertz CT molecular complexity index is 795. The fraction of sp³-hybridized carbons (Fsp3) is 0.400. The smallest absolute Gasteiger partial charge is 0.251 e. The quantitative estimate of drug-likeness (QED) is 0.843. The molecule has 1 aromatic heterocycles. The highest BCUT2D eigenvalue weighted by Crippen LogP contribution is 2.33. The van der Waals surface area contributed by atoms with Crippen LogP contribution in [0.3, 0.4) is 0 Å². The van der Waals surface area contributed by atoms with Gasteiger partial charge in [0.2, 0.25) is 0 Å². The molecule has 1 heterocycles. The Hall–Kier alpha value is -2.58. The molecule has 0 atom stereocenters. The fourth-order valence-corrected chi connectivity index (χ4v) is 3.34. The van der Waals surface area contributed by atoms with Crippen molar-refractivity contribution in [1.82, 2.24) is 9.47 Å². The van der Waals surface area contributed by atoms with E-state index < -0.39 is 5.91 Å². The molecule has 2 N–H and O–H groups in total. The zero-order valence-electron chi connectivity index (χ0n) is 15.5. The summed E-state index contributed by atoms with van der Waals surface area (Å²) in [5, 5.41) is 9.00. The van der Waals surface area contributed by atoms with Crippen LogP contribution in [0.1, 0.15) is 40.7 Å². The lowest BCUT2D eigenvalue weighted by Gasteiger charge is -2.14. The van der Waals surface area contributed by atoms with E-state index in [4.69, 9.17) is 11.0 Å². The molecule has 5 heteroatoms. The standard InChI is InChI=1S/C20H26N4O/c1-5-17-19(16-9-7-15(13-21)8-10-16)18(20(22)25)14(2)24(17)12-6-11-23(3)4/h7-10H,5-6,11-12H2,1-4H3,(H2,22,25). The van der Waals surface area contributed by atoms with Gasteiger partial charge in [-0.2, -0.15) is 5.26 Å². The number of hydrogen-bond acceptors (Lipinski definition) is 3. The van der Waals surface area contributed by atoms with E-state index in [9.17, 15) is 4.79 Å². The molecule has 2 aromatic rings. The van der Waals surface area contributed by atoms with Crippen molar-refractivity contribution in [2.75, 3.05) is 20.6 Å². The molecular formula is C20H26N4O. The van der Waals surface area contributed by atoms with Crippen LogP contribution in [0.2, 0.25) is 0 Å². The number of aromatic nitrogens is 1. The maximum atomic E-state index is 12.2. The Morgan fingerprint density at radius 2 is 1.92 bits per heavy atom. The highest BCUT2D eigenvalue weighted by Gasteiger charge is 2.23. The van der Waals surface area contributed by atoms with E-state index in [2.05, 4.69) is 36.6 Å². The van der Waals surface area contributed by atoms with E-state index >= 15 is 0 Å². The van der Waals surface area contributed by atoms with Gasteiger partial charge in [0, 0.05) is 23.5 Å². The van der Waals surface area contributed by atoms with Crippen LogP contribution < -0.4 is 5.73 Å². The zero-order valence-corrected chi connectivity index (χ0v) is 15.5. The highest BCUT2D eigenvalue weighted by molar-refractivity contribution is 6.02. The number of nitrogens with two attached hydrogens (primary N) is 1. The molecule has 1 aromatic carbocycles. The molecule has 0 radical (unpaired) electrons. The molecule has 25 heavy (non-hydrogen) atoms. The van der Waals surface area contributed by atoms with Crippen molar-refractivity contribution in [3.05, 3.63) is 46.8 Å². The Morgan fingerprint density at radius 1 is 1.28 bits per heavy atom. The predicted octanol–water partition coefficient (Wildman–Crippen LogP) is 2.95. The van der Waals surface area contributed by atoms with Crippen molar-refractivity contribution in [3.8, 4) is 17.2 Å². The zero-order chi connectivity index (χ0) is 18.6. The minimum atomic E-state index is -0.405. The van der Waals surface area contributed by atoms with E-state index in [1.54, 1.807) is 12.1 Å². The molecule has 1 amide bonds. The molecule has 2 rings (SSSR count). The van der Waals surface area contributed by atoms with Crippen molar-refractivity contribution in [1.29, 1.82) is 5.26 Å². The summed E-state index contributed by atoms with van der Waals surface area (Å²) in [5.41, 5.74) is 10.8. The van der Waals surface area contributed by atoms with Gasteiger partial charge >= 0.3 is 0 Å². The molecular weight excluding hydrogens is 312 g/mol. The third-order valence-corrected chi connectivity index (χ3v) is 4.50. The van der Waals surface area contributed by atoms with Gasteiger partial charge in [0.05, 0.1) is 17.2 Å². The third kappa shape index (κ3) is 3.92. The van der Waals surface area contributed by atoms with Crippen molar-refractivity contribution in [2.24, 2.45) is 5.73 Å². The van der Waals surface area contributed by atoms with Crippen LogP contribution in [0.25, 0.3) is 11.1 Å². The minimum Gasteiger partial charge on any atom is -0.366 e. The summed E-state index contributed by atoms with van der Waals surface area (Å²) in [5.74, 6) is -0.405. The Labute approximate surface area is 149 Å². The van der Waals surface area contributed by atoms with Crippen LogP contribution in [0.5, 0.6) is 0 Å². The van der Waals surface area contributed by atoms with Crippen molar-refractivity contribution in [2.45, 2.75) is 33.2 Å². The first kappa shape index (κ1) is 18.8. The van der Waals surface area contributed by atoms with Crippen LogP contribution in [0.4, 0.5) is 0 Å². The van der Waals surface area contributed by atoms with Gasteiger partial charge in [-0.1, -0.05) is 19.1 Å². The number of nitriles is 1. The summed E-state index contributed by atoms with van der Waals surface area (Å²) in [6.07, 6.45) is 1.81. The summed E-state index contributed by atoms with van der Waals surface area (Å²) in [7, 11) is 4.11. The van der Waals surface area contributed by atoms with Crippen LogP contribution in [-0.4, -0.2) is 36.0 Å². The molecule has 0 unspecified atom stereocenters. The molecule has 0 aliphatic carbocycles. The van der Waals surface area contributed by atoms with Crippen LogP contribution in [0.15, 0.2) is 24.3 Å². The molecule has 0 aliphatic rings. The Balaban J connectivity index is 2.56. The van der Waals surface area contributed by atoms with Gasteiger partial charge in [0.1, 0.15) is 0 Å². The van der Waals surface area contributed by atoms with Crippen LogP contribution >= 0.6 is 0 Å². The fourth-order valence-electron chi connectivity index (χ4n) is 3.34. The maximum absolute atomic E-state index is 12.2. The van der Waals surface area contributed by atoms with E-state index in [0.717, 1.165) is 48.4 Å². The minimum absolute atomic E-state index is 0.405. The molecule has 0 saturated carbocycles. The second-order valence-electron chi connectivity index (χ2n) is 6.50. The van der Waals surface area contributed by atoms with Crippen LogP contribution in [0, 0.1) is 18.3 Å². The number of benzene rings is 1. The lowest BCUT2D eigenvalue weighted by Crippen LogP contribution is -2.17. The molecule has 0 spiro atoms. The largest absolute Gasteiger partial charge is 0.366 e. The third-order valence-electron chi connectivity index (χ3n) is 4.50. The lowest BCUT2D eigenvalue weighted by molar-refractivity contribution is 0.1000. The Morgan fingerprint density at radius 3 is 2.40 bits per heavy atom. The maximum Gasteiger partial charge on any atom is 0.251 e. The van der Waals surface area contributed by atoms with Gasteiger partial charge in [-0.25, -0.2) is 0 Å². The molecule has 0 fully saturated rings. The van der Waals surface area contributed by atoms with Gasteiger partial charge < -0.3 is 15.2 Å². The topological polar surface area (TPSA) is 75.0 Å². The van der Waals surface area contributed by atoms with E-state index in [1.165, 1.54) is 0 Å². The predicted molar refractivity (Wildman–Crippen MR) is 100 cm³/mol. The molecule has 0 bridgehead atoms. The summed E-state index contributed by atoms with van der Waals surface area (Å²) >= 11 is 0. The van der Waals surface area contributed by atoms with Gasteiger partial charge in [0.15, 0.2) is 0 Å². The number of amides is 1. The Kier molecular flexibility index (Phi) is 6.00. The second kappa shape index (κ2) is 8.00. The number of nitrogens with zero attached hydrogens (tertiary/aromatic N) is 3. The van der Waals surface area contributed by atoms with E-state index in [-0.39, 0.29) is 0 Å². The summed E-state index contributed by atoms with van der Waals surface area (Å²) in [4.78, 5) is 14.3. The summed E-state index contributed by atoms with van der Waals surface area (Å²) in [6, 6.07) is 9.46. The molecule has 132 valence electrons. The number of rotatable bonds is 7. The highest BCUT2D eigenvalue weighted by atomic mass is 16.1. The summed E-state index contributed by atoms with van der Waals surface area (Å²) in [6.45, 7) is 5.89. The van der Waals surface area contributed by atoms with Gasteiger partial charge in [-0.05, 0) is 58.1 Å². The first-order valence-electron chi connectivity index (χ1n) is 8.57. The van der Waals surface area contributed by atoms with Crippen LogP contribution in [-0.2, 0) is 13.0 Å². The average molecular weight is 338 g/mol. The first-order valence-corrected chi connectivity index (χ1v) is 8.57. The number of primary amides is 1. The molecule has 0 aliphatic heterocycles. The number of carbonyl (C=O) groups excluding carboxylic acids is 1. The van der Waals surface area contributed by atoms with Crippen molar-refractivity contribution in [3.63, 3.8) is 0 Å². The lowest BCUT2D eigenvalue weighted by atomic mass is 9.98. The number of hydrogen-bond donors (Lipinski definition) is 1. The van der Waals surface area contributed by atoms with Gasteiger partial charge in [0.25, 0.3) is 5.91 Å². The average Bonchev–Trinajstić information content (AvgIpc) is 2.87. The molecule has 5 nitrogen and oxygen atoms in total. The van der Waals surface area contributed by atoms with E-state index in [1.807, 2.05) is 19.1 Å². The second-order valence-corrected chi connectivity index (χ2v) is 6.50. The monoisotopic (exact) mass is 338 g/mol. The normalized spacial score (nSPS) is 10.9. The molecule has 0 saturated heterocycles. The SMILES string of the molecule is CCc1c(-c2ccc(C#N)cc2)c(C(N)=O)c(C)n1CCCN(C)C. The van der Waals surface area contributed by atoms with E-state index in [0.29, 0.717) is 11.1 Å².